The van der Waals surface area contributed by atoms with E-state index in [1.54, 1.807) is 6.07 Å². The summed E-state index contributed by atoms with van der Waals surface area (Å²) in [5, 5.41) is 3.01. The van der Waals surface area contributed by atoms with E-state index in [1.165, 1.54) is 34.6 Å². The van der Waals surface area contributed by atoms with Crippen molar-refractivity contribution in [3.63, 3.8) is 0 Å². The molecule has 0 aliphatic heterocycles. The minimum atomic E-state index is -0.0475. The van der Waals surface area contributed by atoms with Crippen LogP contribution in [-0.2, 0) is 25.9 Å². The van der Waals surface area contributed by atoms with Gasteiger partial charge >= 0.3 is 0 Å². The molecule has 0 spiro atoms. The van der Waals surface area contributed by atoms with Gasteiger partial charge in [-0.05, 0) is 43.4 Å². The lowest BCUT2D eigenvalue weighted by molar-refractivity contribution is 0.0942. The molecular weight excluding hydrogens is 282 g/mol. The fourth-order valence-corrected chi connectivity index (χ4v) is 4.09. The minimum absolute atomic E-state index is 0.0475. The Morgan fingerprint density at radius 2 is 2.29 bits per heavy atom. The maximum atomic E-state index is 12.3. The predicted octanol–water partition coefficient (Wildman–Crippen LogP) is 2.96. The summed E-state index contributed by atoms with van der Waals surface area (Å²) in [5.74, 6) is -0.0475. The van der Waals surface area contributed by atoms with Crippen LogP contribution >= 0.6 is 11.3 Å². The van der Waals surface area contributed by atoms with Gasteiger partial charge in [-0.15, -0.1) is 11.3 Å². The number of nitrogens with two attached hydrogens (primary N) is 1. The molecule has 1 aliphatic rings. The molecule has 0 unspecified atom stereocenters. The molecule has 0 saturated carbocycles. The van der Waals surface area contributed by atoms with Gasteiger partial charge in [0.1, 0.15) is 5.69 Å². The van der Waals surface area contributed by atoms with Gasteiger partial charge in [-0.1, -0.05) is 6.92 Å². The van der Waals surface area contributed by atoms with Gasteiger partial charge < -0.3 is 15.6 Å². The highest BCUT2D eigenvalue weighted by Crippen LogP contribution is 2.30. The fourth-order valence-electron chi connectivity index (χ4n) is 2.89. The van der Waals surface area contributed by atoms with Crippen molar-refractivity contribution in [1.29, 1.82) is 0 Å². The first-order chi connectivity index (χ1) is 10.2. The molecule has 0 radical (unpaired) electrons. The van der Waals surface area contributed by atoms with Crippen LogP contribution in [0.4, 0.5) is 5.69 Å². The zero-order chi connectivity index (χ0) is 14.8. The molecule has 0 fully saturated rings. The van der Waals surface area contributed by atoms with E-state index < -0.39 is 0 Å². The van der Waals surface area contributed by atoms with E-state index in [-0.39, 0.29) is 5.91 Å². The van der Waals surface area contributed by atoms with Gasteiger partial charge in [-0.25, -0.2) is 0 Å². The second-order valence-corrected chi connectivity index (χ2v) is 6.77. The normalized spacial score (nSPS) is 13.4. The quantitative estimate of drug-likeness (QED) is 0.892. The smallest absolute Gasteiger partial charge is 0.268 e. The summed E-state index contributed by atoms with van der Waals surface area (Å²) in [6.07, 6.45) is 6.47. The summed E-state index contributed by atoms with van der Waals surface area (Å²) in [5.41, 5.74) is 8.57. The van der Waals surface area contributed by atoms with Crippen LogP contribution in [0, 0.1) is 0 Å². The molecule has 2 aromatic heterocycles. The van der Waals surface area contributed by atoms with Crippen LogP contribution in [0.1, 0.15) is 45.6 Å². The van der Waals surface area contributed by atoms with E-state index in [9.17, 15) is 4.79 Å². The van der Waals surface area contributed by atoms with Gasteiger partial charge in [0.2, 0.25) is 0 Å². The number of aryl methyl sites for hydroxylation is 3. The molecule has 3 N–H and O–H groups in total. The summed E-state index contributed by atoms with van der Waals surface area (Å²) in [6.45, 7) is 3.51. The van der Waals surface area contributed by atoms with Gasteiger partial charge in [0.05, 0.1) is 12.2 Å². The van der Waals surface area contributed by atoms with Crippen molar-refractivity contribution in [1.82, 2.24) is 9.88 Å². The van der Waals surface area contributed by atoms with Crippen molar-refractivity contribution < 1.29 is 4.79 Å². The van der Waals surface area contributed by atoms with Gasteiger partial charge in [0.25, 0.3) is 5.91 Å². The molecule has 4 nitrogen and oxygen atoms in total. The second-order valence-electron chi connectivity index (χ2n) is 5.55. The number of fused-ring (bicyclic) bond motifs is 1. The van der Waals surface area contributed by atoms with Crippen LogP contribution in [0.15, 0.2) is 18.3 Å². The van der Waals surface area contributed by atoms with E-state index in [2.05, 4.69) is 18.3 Å². The molecule has 0 saturated heterocycles. The lowest BCUT2D eigenvalue weighted by Crippen LogP contribution is -2.25. The predicted molar refractivity (Wildman–Crippen MR) is 86.6 cm³/mol. The van der Waals surface area contributed by atoms with E-state index in [1.807, 2.05) is 22.1 Å². The number of amides is 1. The summed E-state index contributed by atoms with van der Waals surface area (Å²) in [6, 6.07) is 3.99. The molecule has 0 aromatic carbocycles. The Morgan fingerprint density at radius 3 is 3.05 bits per heavy atom. The topological polar surface area (TPSA) is 60.0 Å². The minimum Gasteiger partial charge on any atom is -0.397 e. The van der Waals surface area contributed by atoms with Crippen molar-refractivity contribution >= 4 is 22.9 Å². The number of hydrogen-bond donors (Lipinski definition) is 2. The molecule has 1 amide bonds. The SMILES string of the molecule is CCCn1cc(N)cc1C(=O)NCc1cc2c(s1)CCC2. The molecular formula is C16H21N3OS. The van der Waals surface area contributed by atoms with Crippen LogP contribution in [0.5, 0.6) is 0 Å². The average Bonchev–Trinajstić information content (AvgIpc) is 3.10. The largest absolute Gasteiger partial charge is 0.397 e. The number of nitrogen functional groups attached to an aromatic ring is 1. The first-order valence-corrected chi connectivity index (χ1v) is 8.33. The highest BCUT2D eigenvalue weighted by atomic mass is 32.1. The average molecular weight is 303 g/mol. The number of hydrogen-bond acceptors (Lipinski definition) is 3. The lowest BCUT2D eigenvalue weighted by Gasteiger charge is -2.07. The number of rotatable bonds is 5. The van der Waals surface area contributed by atoms with Crippen LogP contribution < -0.4 is 11.1 Å². The third kappa shape index (κ3) is 2.97. The number of nitrogens with one attached hydrogen (secondary N) is 1. The molecule has 112 valence electrons. The maximum absolute atomic E-state index is 12.3. The molecule has 21 heavy (non-hydrogen) atoms. The highest BCUT2D eigenvalue weighted by molar-refractivity contribution is 7.12. The first-order valence-electron chi connectivity index (χ1n) is 7.51. The molecule has 3 rings (SSSR count). The van der Waals surface area contributed by atoms with Gasteiger partial charge in [-0.2, -0.15) is 0 Å². The Balaban J connectivity index is 1.65. The van der Waals surface area contributed by atoms with Gasteiger partial charge in [-0.3, -0.25) is 4.79 Å². The Labute approximate surface area is 129 Å². The summed E-state index contributed by atoms with van der Waals surface area (Å²) < 4.78 is 1.93. The highest BCUT2D eigenvalue weighted by Gasteiger charge is 2.16. The standard InChI is InChI=1S/C16H21N3OS/c1-2-6-19-10-12(17)8-14(19)16(20)18-9-13-7-11-4-3-5-15(11)21-13/h7-8,10H,2-6,9,17H2,1H3,(H,18,20). The van der Waals surface area contributed by atoms with E-state index in [0.717, 1.165) is 13.0 Å². The van der Waals surface area contributed by atoms with Gasteiger partial charge in [0, 0.05) is 22.5 Å². The number of anilines is 1. The van der Waals surface area contributed by atoms with Crippen molar-refractivity contribution in [2.75, 3.05) is 5.73 Å². The summed E-state index contributed by atoms with van der Waals surface area (Å²) >= 11 is 1.83. The third-order valence-corrected chi connectivity index (χ3v) is 5.07. The van der Waals surface area contributed by atoms with E-state index in [0.29, 0.717) is 17.9 Å². The Hall–Kier alpha value is -1.75. The third-order valence-electron chi connectivity index (χ3n) is 3.84. The molecule has 0 atom stereocenters. The number of aromatic nitrogens is 1. The lowest BCUT2D eigenvalue weighted by atomic mass is 10.2. The van der Waals surface area contributed by atoms with Crippen LogP contribution in [0.3, 0.4) is 0 Å². The fraction of sp³-hybridized carbons (Fsp3) is 0.438. The van der Waals surface area contributed by atoms with E-state index in [4.69, 9.17) is 5.73 Å². The molecule has 2 aromatic rings. The molecule has 1 aliphatic carbocycles. The summed E-state index contributed by atoms with van der Waals surface area (Å²) in [4.78, 5) is 15.1. The van der Waals surface area contributed by atoms with Crippen molar-refractivity contribution in [3.05, 3.63) is 39.3 Å². The van der Waals surface area contributed by atoms with Crippen molar-refractivity contribution in [2.45, 2.75) is 45.7 Å². The second kappa shape index (κ2) is 5.93. The van der Waals surface area contributed by atoms with Crippen LogP contribution in [0.25, 0.3) is 0 Å². The van der Waals surface area contributed by atoms with Crippen LogP contribution in [0.2, 0.25) is 0 Å². The number of carbonyl (C=O) groups excluding carboxylic acids is 1. The first kappa shape index (κ1) is 14.2. The molecule has 5 heteroatoms. The Morgan fingerprint density at radius 1 is 1.43 bits per heavy atom. The molecule has 0 bridgehead atoms. The number of carbonyl (C=O) groups is 1. The van der Waals surface area contributed by atoms with Gasteiger partial charge in [0.15, 0.2) is 0 Å². The Bertz CT molecular complexity index is 635. The van der Waals surface area contributed by atoms with E-state index >= 15 is 0 Å². The monoisotopic (exact) mass is 303 g/mol. The number of nitrogens with zero attached hydrogens (tertiary/aromatic N) is 1. The summed E-state index contributed by atoms with van der Waals surface area (Å²) in [7, 11) is 0. The molecule has 2 heterocycles. The number of thiophene rings is 1. The van der Waals surface area contributed by atoms with Crippen molar-refractivity contribution in [2.24, 2.45) is 0 Å². The van der Waals surface area contributed by atoms with Crippen LogP contribution in [-0.4, -0.2) is 10.5 Å². The zero-order valence-electron chi connectivity index (χ0n) is 12.3. The maximum Gasteiger partial charge on any atom is 0.268 e. The zero-order valence-corrected chi connectivity index (χ0v) is 13.1. The Kier molecular flexibility index (Phi) is 4.01. The van der Waals surface area contributed by atoms with Crippen molar-refractivity contribution in [3.8, 4) is 0 Å².